The third kappa shape index (κ3) is 6.50. The van der Waals surface area contributed by atoms with Crippen molar-refractivity contribution < 1.29 is 18.7 Å². The number of imidazole rings is 1. The Hall–Kier alpha value is -5.24. The number of anilines is 1. The normalized spacial score (nSPS) is 10.7. The molecule has 0 spiro atoms. The Kier molecular flexibility index (Phi) is 8.20. The fraction of sp³-hybridized carbons (Fsp3) is 0.121. The number of amides is 2. The van der Waals surface area contributed by atoms with Crippen molar-refractivity contribution in [3.63, 3.8) is 0 Å². The van der Waals surface area contributed by atoms with Crippen LogP contribution in [0.25, 0.3) is 16.9 Å². The summed E-state index contributed by atoms with van der Waals surface area (Å²) in [6, 6.07) is 30.5. The number of methoxy groups -OCH3 is 1. The molecule has 5 rings (SSSR count). The molecule has 1 aromatic heterocycles. The number of nitrogens with one attached hydrogen (secondary N) is 1. The Morgan fingerprint density at radius 2 is 1.61 bits per heavy atom. The maximum Gasteiger partial charge on any atom is 0.254 e. The van der Waals surface area contributed by atoms with Crippen molar-refractivity contribution in [3.8, 4) is 22.7 Å². The zero-order valence-electron chi connectivity index (χ0n) is 22.8. The highest BCUT2D eigenvalue weighted by atomic mass is 19.1. The summed E-state index contributed by atoms with van der Waals surface area (Å²) >= 11 is 0. The molecule has 1 heterocycles. The first-order valence-corrected chi connectivity index (χ1v) is 13.1. The number of rotatable bonds is 9. The molecule has 0 radical (unpaired) electrons. The number of benzene rings is 4. The average Bonchev–Trinajstić information content (AvgIpc) is 3.42. The van der Waals surface area contributed by atoms with Gasteiger partial charge in [-0.05, 0) is 54.4 Å². The highest BCUT2D eigenvalue weighted by Gasteiger charge is 2.22. The van der Waals surface area contributed by atoms with Gasteiger partial charge in [0, 0.05) is 23.9 Å². The van der Waals surface area contributed by atoms with E-state index in [4.69, 9.17) is 4.74 Å². The number of hydrogen-bond acceptors (Lipinski definition) is 4. The fourth-order valence-electron chi connectivity index (χ4n) is 4.40. The van der Waals surface area contributed by atoms with Gasteiger partial charge in [-0.15, -0.1) is 0 Å². The highest BCUT2D eigenvalue weighted by Crippen LogP contribution is 2.25. The molecule has 0 aliphatic heterocycles. The lowest BCUT2D eigenvalue weighted by Crippen LogP contribution is -2.38. The molecule has 0 aliphatic rings. The number of carbonyl (C=O) groups is 2. The lowest BCUT2D eigenvalue weighted by Gasteiger charge is -2.23. The van der Waals surface area contributed by atoms with E-state index in [1.54, 1.807) is 61.2 Å². The summed E-state index contributed by atoms with van der Waals surface area (Å²) in [5, 5.41) is 2.85. The van der Waals surface area contributed by atoms with Gasteiger partial charge in [0.1, 0.15) is 18.1 Å². The molecular formula is C33H29FN4O3. The van der Waals surface area contributed by atoms with Crippen molar-refractivity contribution >= 4 is 17.8 Å². The largest absolute Gasteiger partial charge is 0.497 e. The summed E-state index contributed by atoms with van der Waals surface area (Å²) in [6.45, 7) is 1.69. The van der Waals surface area contributed by atoms with Crippen LogP contribution in [-0.4, -0.2) is 39.9 Å². The summed E-state index contributed by atoms with van der Waals surface area (Å²) in [6.07, 6.45) is 1.75. The van der Waals surface area contributed by atoms with E-state index >= 15 is 0 Å². The molecule has 2 amide bonds. The molecule has 1 N–H and O–H groups in total. The van der Waals surface area contributed by atoms with Crippen molar-refractivity contribution in [2.75, 3.05) is 19.0 Å². The van der Waals surface area contributed by atoms with E-state index in [2.05, 4.69) is 10.3 Å². The lowest BCUT2D eigenvalue weighted by atomic mass is 10.1. The molecule has 0 aliphatic carbocycles. The predicted octanol–water partition coefficient (Wildman–Crippen LogP) is 6.28. The molecule has 0 saturated heterocycles. The van der Waals surface area contributed by atoms with Crippen molar-refractivity contribution in [3.05, 3.63) is 132 Å². The molecule has 0 fully saturated rings. The minimum absolute atomic E-state index is 0.216. The third-order valence-corrected chi connectivity index (χ3v) is 6.64. The van der Waals surface area contributed by atoms with Gasteiger partial charge in [-0.2, -0.15) is 0 Å². The molecule has 0 atom stereocenters. The lowest BCUT2D eigenvalue weighted by molar-refractivity contribution is -0.117. The van der Waals surface area contributed by atoms with E-state index in [9.17, 15) is 14.0 Å². The Bertz CT molecular complexity index is 1650. The first-order valence-electron chi connectivity index (χ1n) is 13.1. The maximum atomic E-state index is 14.5. The summed E-state index contributed by atoms with van der Waals surface area (Å²) in [7, 11) is 1.56. The van der Waals surface area contributed by atoms with Gasteiger partial charge in [-0.25, -0.2) is 9.37 Å². The summed E-state index contributed by atoms with van der Waals surface area (Å²) in [4.78, 5) is 33.1. The van der Waals surface area contributed by atoms with E-state index in [-0.39, 0.29) is 30.8 Å². The number of halogens is 1. The molecule has 8 heteroatoms. The SMILES string of the molecule is COc1ccc(C(=O)N(CC(=O)Nc2nc(-c3ccccc3)cn2-c2ccc(C)c(F)c2)Cc2ccccc2)cc1. The van der Waals surface area contributed by atoms with Crippen LogP contribution in [0.4, 0.5) is 10.3 Å². The number of ether oxygens (including phenoxy) is 1. The van der Waals surface area contributed by atoms with Gasteiger partial charge in [-0.3, -0.25) is 19.5 Å². The maximum absolute atomic E-state index is 14.5. The Balaban J connectivity index is 1.44. The molecule has 206 valence electrons. The van der Waals surface area contributed by atoms with Gasteiger partial charge in [0.2, 0.25) is 11.9 Å². The predicted molar refractivity (Wildman–Crippen MR) is 157 cm³/mol. The van der Waals surface area contributed by atoms with E-state index in [1.165, 1.54) is 11.0 Å². The van der Waals surface area contributed by atoms with E-state index in [0.717, 1.165) is 11.1 Å². The monoisotopic (exact) mass is 548 g/mol. The van der Waals surface area contributed by atoms with E-state index < -0.39 is 5.91 Å². The van der Waals surface area contributed by atoms with Gasteiger partial charge in [-0.1, -0.05) is 66.7 Å². The molecule has 7 nitrogen and oxygen atoms in total. The zero-order valence-corrected chi connectivity index (χ0v) is 22.8. The van der Waals surface area contributed by atoms with Crippen LogP contribution in [0.15, 0.2) is 109 Å². The first kappa shape index (κ1) is 27.3. The Labute approximate surface area is 237 Å². The Morgan fingerprint density at radius 3 is 2.27 bits per heavy atom. The number of aromatic nitrogens is 2. The number of nitrogens with zero attached hydrogens (tertiary/aromatic N) is 3. The highest BCUT2D eigenvalue weighted by molar-refractivity contribution is 5.99. The summed E-state index contributed by atoms with van der Waals surface area (Å²) in [5.74, 6) is -0.271. The van der Waals surface area contributed by atoms with Gasteiger partial charge < -0.3 is 9.64 Å². The van der Waals surface area contributed by atoms with Gasteiger partial charge in [0.25, 0.3) is 5.91 Å². The van der Waals surface area contributed by atoms with Crippen molar-refractivity contribution in [1.82, 2.24) is 14.5 Å². The standard InChI is InChI=1S/C33H29FN4O3/c1-23-13-16-27(19-29(23)34)38-21-30(25-11-7-4-8-12-25)35-33(38)36-31(39)22-37(20-24-9-5-3-6-10-24)32(40)26-14-17-28(41-2)18-15-26/h3-19,21H,20,22H2,1-2H3,(H,35,36,39). The van der Waals surface area contributed by atoms with Crippen LogP contribution in [0.1, 0.15) is 21.5 Å². The minimum Gasteiger partial charge on any atom is -0.497 e. The second kappa shape index (κ2) is 12.3. The van der Waals surface area contributed by atoms with Crippen LogP contribution in [0.5, 0.6) is 5.75 Å². The number of carbonyl (C=O) groups excluding carboxylic acids is 2. The smallest absolute Gasteiger partial charge is 0.254 e. The van der Waals surface area contributed by atoms with Gasteiger partial charge >= 0.3 is 0 Å². The van der Waals surface area contributed by atoms with Crippen LogP contribution in [0.2, 0.25) is 0 Å². The number of aryl methyl sites for hydroxylation is 1. The van der Waals surface area contributed by atoms with Crippen molar-refractivity contribution in [2.24, 2.45) is 0 Å². The summed E-state index contributed by atoms with van der Waals surface area (Å²) < 4.78 is 21.3. The second-order valence-electron chi connectivity index (χ2n) is 9.54. The van der Waals surface area contributed by atoms with Crippen LogP contribution >= 0.6 is 0 Å². The van der Waals surface area contributed by atoms with Gasteiger partial charge in [0.05, 0.1) is 18.5 Å². The van der Waals surface area contributed by atoms with Crippen LogP contribution in [-0.2, 0) is 11.3 Å². The molecule has 5 aromatic rings. The third-order valence-electron chi connectivity index (χ3n) is 6.64. The van der Waals surface area contributed by atoms with Crippen LogP contribution < -0.4 is 10.1 Å². The van der Waals surface area contributed by atoms with Crippen LogP contribution in [0, 0.1) is 12.7 Å². The fourth-order valence-corrected chi connectivity index (χ4v) is 4.40. The Morgan fingerprint density at radius 1 is 0.927 bits per heavy atom. The molecule has 0 unspecified atom stereocenters. The molecule has 41 heavy (non-hydrogen) atoms. The minimum atomic E-state index is -0.443. The van der Waals surface area contributed by atoms with Crippen LogP contribution in [0.3, 0.4) is 0 Å². The molecule has 4 aromatic carbocycles. The van der Waals surface area contributed by atoms with Gasteiger partial charge in [0.15, 0.2) is 0 Å². The molecule has 0 saturated carbocycles. The van der Waals surface area contributed by atoms with Crippen molar-refractivity contribution in [2.45, 2.75) is 13.5 Å². The zero-order chi connectivity index (χ0) is 28.8. The first-order chi connectivity index (χ1) is 19.9. The van der Waals surface area contributed by atoms with Crippen molar-refractivity contribution in [1.29, 1.82) is 0 Å². The quantitative estimate of drug-likeness (QED) is 0.235. The van der Waals surface area contributed by atoms with E-state index in [1.807, 2.05) is 60.7 Å². The topological polar surface area (TPSA) is 76.5 Å². The molecular weight excluding hydrogens is 519 g/mol. The summed E-state index contributed by atoms with van der Waals surface area (Å²) in [5.41, 5.74) is 3.78. The second-order valence-corrected chi connectivity index (χ2v) is 9.54. The number of hydrogen-bond donors (Lipinski definition) is 1. The van der Waals surface area contributed by atoms with E-state index in [0.29, 0.717) is 28.3 Å². The average molecular weight is 549 g/mol. The molecule has 0 bridgehead atoms.